The van der Waals surface area contributed by atoms with Crippen LogP contribution in [0.3, 0.4) is 0 Å². The number of hydrogen-bond acceptors (Lipinski definition) is 5. The largest absolute Gasteiger partial charge is 0.508 e. The van der Waals surface area contributed by atoms with Gasteiger partial charge in [-0.1, -0.05) is 30.3 Å². The van der Waals surface area contributed by atoms with Crippen molar-refractivity contribution in [2.24, 2.45) is 4.99 Å². The number of thioether (sulfide) groups is 1. The second-order valence-electron chi connectivity index (χ2n) is 6.21. The number of aliphatic imine (C=N–C) groups is 1. The molecular weight excluding hydrogens is 346 g/mol. The van der Waals surface area contributed by atoms with Gasteiger partial charge in [0, 0.05) is 31.9 Å². The van der Waals surface area contributed by atoms with Gasteiger partial charge in [0.15, 0.2) is 5.17 Å². The average molecular weight is 365 g/mol. The Bertz CT molecular complexity index is 854. The molecule has 2 aromatic carbocycles. The number of phenols is 1. The van der Waals surface area contributed by atoms with Crippen LogP contribution in [-0.2, 0) is 4.79 Å². The van der Waals surface area contributed by atoms with E-state index in [1.54, 1.807) is 24.3 Å². The summed E-state index contributed by atoms with van der Waals surface area (Å²) in [5.41, 5.74) is 2.11. The molecule has 0 saturated carbocycles. The first-order chi connectivity index (χ1) is 12.7. The van der Waals surface area contributed by atoms with E-state index in [4.69, 9.17) is 0 Å². The van der Waals surface area contributed by atoms with Crippen LogP contribution in [-0.4, -0.2) is 47.3 Å². The molecule has 1 fully saturated rings. The molecule has 0 spiro atoms. The van der Waals surface area contributed by atoms with Gasteiger partial charge >= 0.3 is 0 Å². The average Bonchev–Trinajstić information content (AvgIpc) is 3.05. The molecule has 1 amide bonds. The Morgan fingerprint density at radius 3 is 2.27 bits per heavy atom. The lowest BCUT2D eigenvalue weighted by Crippen LogP contribution is -2.47. The van der Waals surface area contributed by atoms with Crippen molar-refractivity contribution in [3.8, 4) is 5.75 Å². The summed E-state index contributed by atoms with van der Waals surface area (Å²) in [5, 5.41) is 10.1. The Morgan fingerprint density at radius 2 is 1.58 bits per heavy atom. The molecule has 1 saturated heterocycles. The lowest BCUT2D eigenvalue weighted by molar-refractivity contribution is -0.113. The van der Waals surface area contributed by atoms with Crippen LogP contribution in [0.1, 0.15) is 5.56 Å². The minimum Gasteiger partial charge on any atom is -0.508 e. The molecule has 0 radical (unpaired) electrons. The van der Waals surface area contributed by atoms with Gasteiger partial charge in [-0.3, -0.25) is 4.79 Å². The second-order valence-corrected chi connectivity index (χ2v) is 7.22. The molecule has 2 aliphatic rings. The Balaban J connectivity index is 1.40. The zero-order valence-corrected chi connectivity index (χ0v) is 15.0. The molecule has 5 nitrogen and oxygen atoms in total. The Hall–Kier alpha value is -2.73. The third kappa shape index (κ3) is 3.60. The predicted octanol–water partition coefficient (Wildman–Crippen LogP) is 3.18. The maximum absolute atomic E-state index is 12.2. The number of carbonyl (C=O) groups excluding carboxylic acids is 1. The molecule has 2 heterocycles. The summed E-state index contributed by atoms with van der Waals surface area (Å²) in [6.07, 6.45) is 1.82. The Labute approximate surface area is 156 Å². The van der Waals surface area contributed by atoms with E-state index in [0.717, 1.165) is 36.9 Å². The van der Waals surface area contributed by atoms with Crippen LogP contribution in [0.25, 0.3) is 6.08 Å². The summed E-state index contributed by atoms with van der Waals surface area (Å²) < 4.78 is 0. The van der Waals surface area contributed by atoms with E-state index in [0.29, 0.717) is 4.91 Å². The Morgan fingerprint density at radius 1 is 0.923 bits per heavy atom. The lowest BCUT2D eigenvalue weighted by Gasteiger charge is -2.36. The number of piperazine rings is 1. The number of benzene rings is 2. The molecule has 0 atom stereocenters. The first-order valence-corrected chi connectivity index (χ1v) is 9.37. The number of para-hydroxylation sites is 1. The summed E-state index contributed by atoms with van der Waals surface area (Å²) in [6.45, 7) is 3.52. The summed E-state index contributed by atoms with van der Waals surface area (Å²) in [6, 6.07) is 17.2. The summed E-state index contributed by atoms with van der Waals surface area (Å²) in [4.78, 5) is 21.6. The van der Waals surface area contributed by atoms with E-state index in [1.807, 2.05) is 12.1 Å². The van der Waals surface area contributed by atoms with Crippen LogP contribution >= 0.6 is 11.8 Å². The van der Waals surface area contributed by atoms with Crippen LogP contribution < -0.4 is 4.90 Å². The first-order valence-electron chi connectivity index (χ1n) is 8.55. The molecular formula is C20H19N3O2S. The predicted molar refractivity (Wildman–Crippen MR) is 106 cm³/mol. The number of amides is 1. The van der Waals surface area contributed by atoms with Crippen LogP contribution in [0.5, 0.6) is 5.75 Å². The molecule has 2 aliphatic heterocycles. The van der Waals surface area contributed by atoms with Gasteiger partial charge in [0.25, 0.3) is 5.91 Å². The van der Waals surface area contributed by atoms with Gasteiger partial charge in [0.1, 0.15) is 5.75 Å². The van der Waals surface area contributed by atoms with E-state index in [-0.39, 0.29) is 11.7 Å². The van der Waals surface area contributed by atoms with Crippen molar-refractivity contribution in [3.63, 3.8) is 0 Å². The van der Waals surface area contributed by atoms with Crippen molar-refractivity contribution in [1.29, 1.82) is 0 Å². The van der Waals surface area contributed by atoms with E-state index >= 15 is 0 Å². The van der Waals surface area contributed by atoms with E-state index in [1.165, 1.54) is 17.4 Å². The third-order valence-electron chi connectivity index (χ3n) is 4.47. The summed E-state index contributed by atoms with van der Waals surface area (Å²) in [5.74, 6) is 0.0225. The van der Waals surface area contributed by atoms with Crippen LogP contribution in [0.4, 0.5) is 5.69 Å². The number of rotatable bonds is 2. The summed E-state index contributed by atoms with van der Waals surface area (Å²) >= 11 is 1.43. The number of carbonyl (C=O) groups is 1. The van der Waals surface area contributed by atoms with Gasteiger partial charge in [-0.15, -0.1) is 0 Å². The van der Waals surface area contributed by atoms with Gasteiger partial charge in [0.2, 0.25) is 0 Å². The molecule has 26 heavy (non-hydrogen) atoms. The van der Waals surface area contributed by atoms with Crippen LogP contribution in [0, 0.1) is 0 Å². The fourth-order valence-electron chi connectivity index (χ4n) is 3.05. The maximum atomic E-state index is 12.2. The van der Waals surface area contributed by atoms with Gasteiger partial charge in [-0.25, -0.2) is 0 Å². The monoisotopic (exact) mass is 365 g/mol. The second kappa shape index (κ2) is 7.25. The number of amidine groups is 1. The van der Waals surface area contributed by atoms with Crippen molar-refractivity contribution < 1.29 is 9.90 Å². The van der Waals surface area contributed by atoms with Crippen LogP contribution in [0.15, 0.2) is 64.5 Å². The van der Waals surface area contributed by atoms with E-state index in [9.17, 15) is 9.90 Å². The van der Waals surface area contributed by atoms with Crippen LogP contribution in [0.2, 0.25) is 0 Å². The first kappa shape index (κ1) is 16.7. The van der Waals surface area contributed by atoms with E-state index < -0.39 is 0 Å². The number of hydrogen-bond donors (Lipinski definition) is 1. The van der Waals surface area contributed by atoms with Crippen molar-refractivity contribution in [1.82, 2.24) is 4.90 Å². The fourth-order valence-corrected chi connectivity index (χ4v) is 4.01. The molecule has 0 aromatic heterocycles. The smallest absolute Gasteiger partial charge is 0.286 e. The third-order valence-corrected chi connectivity index (χ3v) is 5.52. The highest BCUT2D eigenvalue weighted by molar-refractivity contribution is 8.18. The normalized spacial score (nSPS) is 19.2. The molecule has 0 unspecified atom stereocenters. The van der Waals surface area contributed by atoms with Crippen molar-refractivity contribution >= 4 is 34.6 Å². The SMILES string of the molecule is O=C1N=C(N2CCN(c3ccccc3)CC2)S/C1=C\c1ccc(O)cc1. The molecule has 0 bridgehead atoms. The molecule has 6 heteroatoms. The minimum atomic E-state index is -0.191. The molecule has 0 aliphatic carbocycles. The number of phenolic OH excluding ortho intramolecular Hbond substituents is 1. The lowest BCUT2D eigenvalue weighted by atomic mass is 10.2. The van der Waals surface area contributed by atoms with Crippen molar-refractivity contribution in [3.05, 3.63) is 65.1 Å². The standard InChI is InChI=1S/C20H19N3O2S/c24-17-8-6-15(7-9-17)14-18-19(25)21-20(26-18)23-12-10-22(11-13-23)16-4-2-1-3-5-16/h1-9,14,24H,10-13H2/b18-14-. The number of nitrogens with zero attached hydrogens (tertiary/aromatic N) is 3. The Kier molecular flexibility index (Phi) is 4.67. The highest BCUT2D eigenvalue weighted by atomic mass is 32.2. The molecule has 2 aromatic rings. The van der Waals surface area contributed by atoms with Gasteiger partial charge in [-0.2, -0.15) is 4.99 Å². The molecule has 4 rings (SSSR count). The zero-order chi connectivity index (χ0) is 17.9. The highest BCUT2D eigenvalue weighted by Crippen LogP contribution is 2.31. The fraction of sp³-hybridized carbons (Fsp3) is 0.200. The van der Waals surface area contributed by atoms with Crippen molar-refractivity contribution in [2.45, 2.75) is 0 Å². The van der Waals surface area contributed by atoms with Gasteiger partial charge in [-0.05, 0) is 47.7 Å². The number of anilines is 1. The maximum Gasteiger partial charge on any atom is 0.286 e. The minimum absolute atomic E-state index is 0.191. The van der Waals surface area contributed by atoms with Crippen molar-refractivity contribution in [2.75, 3.05) is 31.1 Å². The molecule has 1 N–H and O–H groups in total. The summed E-state index contributed by atoms with van der Waals surface area (Å²) in [7, 11) is 0. The highest BCUT2D eigenvalue weighted by Gasteiger charge is 2.28. The molecule has 132 valence electrons. The topological polar surface area (TPSA) is 56.1 Å². The van der Waals surface area contributed by atoms with Gasteiger partial charge in [0.05, 0.1) is 4.91 Å². The quantitative estimate of drug-likeness (QED) is 0.829. The van der Waals surface area contributed by atoms with E-state index in [2.05, 4.69) is 39.1 Å². The van der Waals surface area contributed by atoms with Gasteiger partial charge < -0.3 is 14.9 Å². The number of aromatic hydroxyl groups is 1. The zero-order valence-electron chi connectivity index (χ0n) is 14.2.